The highest BCUT2D eigenvalue weighted by atomic mass is 127. The molecule has 5 heteroatoms. The van der Waals surface area contributed by atoms with Crippen LogP contribution >= 0.6 is 0 Å². The average Bonchev–Trinajstić information content (AvgIpc) is 2.61. The Kier molecular flexibility index (Phi) is 5.56. The quantitative estimate of drug-likeness (QED) is 0.533. The number of hydrogen-bond acceptors (Lipinski definition) is 3. The third-order valence-electron chi connectivity index (χ3n) is 3.65. The molecule has 0 unspecified atom stereocenters. The lowest BCUT2D eigenvalue weighted by Gasteiger charge is -2.08. The van der Waals surface area contributed by atoms with Crippen molar-refractivity contribution in [2.24, 2.45) is 0 Å². The summed E-state index contributed by atoms with van der Waals surface area (Å²) < 4.78 is 33.5. The number of benzene rings is 3. The van der Waals surface area contributed by atoms with Gasteiger partial charge in [-0.3, -0.25) is 0 Å². The predicted molar refractivity (Wildman–Crippen MR) is 94.5 cm³/mol. The Labute approximate surface area is 156 Å². The molecule has 25 heavy (non-hydrogen) atoms. The molecule has 0 aliphatic heterocycles. The van der Waals surface area contributed by atoms with Crippen LogP contribution < -0.4 is 20.2 Å². The first kappa shape index (κ1) is 18.1. The summed E-state index contributed by atoms with van der Waals surface area (Å²) >= 11 is -2.60. The average molecular weight is 466 g/mol. The van der Waals surface area contributed by atoms with Crippen LogP contribution in [0.2, 0.25) is 0 Å². The van der Waals surface area contributed by atoms with Crippen LogP contribution in [0.25, 0.3) is 0 Å². The molecular weight excluding hydrogens is 447 g/mol. The van der Waals surface area contributed by atoms with Gasteiger partial charge in [0.2, 0.25) is 0 Å². The summed E-state index contributed by atoms with van der Waals surface area (Å²) in [5.41, 5.74) is 2.06. The zero-order valence-electron chi connectivity index (χ0n) is 14.0. The van der Waals surface area contributed by atoms with Crippen LogP contribution in [0.3, 0.4) is 0 Å². The van der Waals surface area contributed by atoms with Crippen molar-refractivity contribution in [3.63, 3.8) is 0 Å². The molecule has 3 rings (SSSR count). The Morgan fingerprint density at radius 2 is 1.36 bits per heavy atom. The van der Waals surface area contributed by atoms with Crippen LogP contribution in [0, 0.1) is 21.0 Å². The molecule has 0 aliphatic carbocycles. The fraction of sp³-hybridized carbons (Fsp3) is 0.100. The van der Waals surface area contributed by atoms with E-state index in [1.165, 1.54) is 0 Å². The van der Waals surface area contributed by atoms with E-state index in [2.05, 4.69) is 0 Å². The van der Waals surface area contributed by atoms with E-state index in [1.54, 1.807) is 24.3 Å². The molecule has 0 aliphatic rings. The van der Waals surface area contributed by atoms with Gasteiger partial charge < -0.3 is 0 Å². The van der Waals surface area contributed by atoms with Crippen LogP contribution in [0.4, 0.5) is 0 Å². The standard InChI is InChI=1S/C20H19IO3S/c1-16-12-14-19(15-13-16)25(22,23)24-21(18-9-4-3-5-10-18)20-11-7-6-8-17(20)2/h3-15H,1-2H3/q+1. The fourth-order valence-corrected chi connectivity index (χ4v) is 9.61. The number of rotatable bonds is 5. The SMILES string of the molecule is Cc1ccc(S(=O)(=O)O[I+](c2ccccc2)c2ccccc2C)cc1. The topological polar surface area (TPSA) is 43.4 Å². The van der Waals surface area contributed by atoms with Crippen molar-refractivity contribution in [1.29, 1.82) is 0 Å². The highest BCUT2D eigenvalue weighted by Gasteiger charge is 2.38. The molecule has 0 N–H and O–H groups in total. The molecular formula is C20H19IO3S+. The highest BCUT2D eigenvalue weighted by Crippen LogP contribution is 2.11. The van der Waals surface area contributed by atoms with Gasteiger partial charge >= 0.3 is 30.4 Å². The molecule has 0 saturated heterocycles. The summed E-state index contributed by atoms with van der Waals surface area (Å²) in [5.74, 6) is 0. The maximum Gasteiger partial charge on any atom is 0.336 e. The first-order valence-electron chi connectivity index (χ1n) is 7.80. The van der Waals surface area contributed by atoms with Crippen molar-refractivity contribution in [1.82, 2.24) is 0 Å². The first-order chi connectivity index (χ1) is 12.0. The van der Waals surface area contributed by atoms with Gasteiger partial charge in [-0.15, -0.1) is 0 Å². The summed E-state index contributed by atoms with van der Waals surface area (Å²) in [6.07, 6.45) is 0. The lowest BCUT2D eigenvalue weighted by Crippen LogP contribution is -3.85. The molecule has 0 spiro atoms. The van der Waals surface area contributed by atoms with E-state index in [0.717, 1.165) is 18.3 Å². The Hall–Kier alpha value is -1.70. The van der Waals surface area contributed by atoms with Crippen LogP contribution in [-0.4, -0.2) is 8.42 Å². The lowest BCUT2D eigenvalue weighted by molar-refractivity contribution is -1.03. The van der Waals surface area contributed by atoms with Crippen molar-refractivity contribution < 1.29 is 31.2 Å². The molecule has 3 aromatic carbocycles. The van der Waals surface area contributed by atoms with Gasteiger partial charge in [0.1, 0.15) is 0 Å². The second kappa shape index (κ2) is 7.68. The number of aryl methyl sites for hydroxylation is 2. The van der Waals surface area contributed by atoms with Crippen LogP contribution in [0.1, 0.15) is 11.1 Å². The normalized spacial score (nSPS) is 11.6. The molecule has 0 atom stereocenters. The van der Waals surface area contributed by atoms with Crippen LogP contribution in [0.5, 0.6) is 0 Å². The van der Waals surface area contributed by atoms with Crippen LogP contribution in [-0.2, 0) is 12.6 Å². The van der Waals surface area contributed by atoms with Crippen LogP contribution in [0.15, 0.2) is 83.8 Å². The monoisotopic (exact) mass is 466 g/mol. The van der Waals surface area contributed by atoms with Gasteiger partial charge in [-0.2, -0.15) is 8.42 Å². The summed E-state index contributed by atoms with van der Waals surface area (Å²) in [5, 5.41) is 0. The summed E-state index contributed by atoms with van der Waals surface area (Å²) in [6, 6.07) is 24.3. The molecule has 0 fully saturated rings. The van der Waals surface area contributed by atoms with Gasteiger partial charge in [0.05, 0.1) is 4.90 Å². The summed E-state index contributed by atoms with van der Waals surface area (Å²) in [7, 11) is -3.82. The van der Waals surface area contributed by atoms with Gasteiger partial charge in [-0.25, -0.2) is 0 Å². The lowest BCUT2D eigenvalue weighted by atomic mass is 10.2. The molecule has 0 aromatic heterocycles. The molecule has 3 aromatic rings. The Morgan fingerprint density at radius 3 is 2.00 bits per heavy atom. The predicted octanol–water partition coefficient (Wildman–Crippen LogP) is 1.29. The maximum absolute atomic E-state index is 12.8. The van der Waals surface area contributed by atoms with Gasteiger partial charge in [-0.05, 0) is 46.7 Å². The summed E-state index contributed by atoms with van der Waals surface area (Å²) in [6.45, 7) is 3.91. The van der Waals surface area contributed by atoms with E-state index in [1.807, 2.05) is 68.4 Å². The van der Waals surface area contributed by atoms with E-state index >= 15 is 0 Å². The molecule has 129 valence electrons. The molecule has 0 bridgehead atoms. The van der Waals surface area contributed by atoms with Gasteiger partial charge in [0.15, 0.2) is 7.14 Å². The molecule has 1 radical (unpaired) electrons. The first-order valence-corrected chi connectivity index (χ1v) is 12.2. The van der Waals surface area contributed by atoms with E-state index in [0.29, 0.717) is 0 Å². The van der Waals surface area contributed by atoms with Crippen molar-refractivity contribution in [3.05, 3.63) is 97.1 Å². The molecule has 3 nitrogen and oxygen atoms in total. The second-order valence-corrected chi connectivity index (χ2v) is 12.0. The minimum absolute atomic E-state index is 0.199. The zero-order chi connectivity index (χ0) is 17.9. The smallest absolute Gasteiger partial charge is 0.190 e. The molecule has 0 saturated carbocycles. The van der Waals surface area contributed by atoms with Gasteiger partial charge in [0.25, 0.3) is 0 Å². The van der Waals surface area contributed by atoms with Gasteiger partial charge in [0, 0.05) is 5.56 Å². The maximum atomic E-state index is 12.8. The Balaban J connectivity index is 2.04. The number of hydrogen-bond donors (Lipinski definition) is 0. The summed E-state index contributed by atoms with van der Waals surface area (Å²) in [4.78, 5) is 0.199. The van der Waals surface area contributed by atoms with E-state index < -0.39 is 30.4 Å². The van der Waals surface area contributed by atoms with Crippen molar-refractivity contribution in [2.45, 2.75) is 18.7 Å². The Morgan fingerprint density at radius 1 is 0.760 bits per heavy atom. The van der Waals surface area contributed by atoms with Gasteiger partial charge in [-0.1, -0.05) is 54.1 Å². The third-order valence-corrected chi connectivity index (χ3v) is 11.4. The van der Waals surface area contributed by atoms with Crippen molar-refractivity contribution in [2.75, 3.05) is 0 Å². The highest BCUT2D eigenvalue weighted by molar-refractivity contribution is 7.86. The van der Waals surface area contributed by atoms with E-state index in [4.69, 9.17) is 2.51 Å². The Bertz CT molecular complexity index is 952. The largest absolute Gasteiger partial charge is 0.336 e. The minimum atomic E-state index is -3.82. The minimum Gasteiger partial charge on any atom is -0.190 e. The fourth-order valence-electron chi connectivity index (χ4n) is 2.28. The third kappa shape index (κ3) is 4.29. The molecule has 0 heterocycles. The second-order valence-electron chi connectivity index (χ2n) is 5.62. The number of halogens is 1. The molecule has 0 amide bonds. The van der Waals surface area contributed by atoms with Crippen molar-refractivity contribution >= 4 is 10.1 Å². The van der Waals surface area contributed by atoms with E-state index in [-0.39, 0.29) is 4.90 Å². The zero-order valence-corrected chi connectivity index (χ0v) is 17.0. The van der Waals surface area contributed by atoms with E-state index in [9.17, 15) is 8.42 Å². The van der Waals surface area contributed by atoms with Crippen molar-refractivity contribution in [3.8, 4) is 0 Å².